The SMILES string of the molecule is CCOC[C@](C)(OCC)[C@H]1CC[C@H]2[C@@H]3CC(=O)[C@H]4C[C@H](O)[C@H](O)C[C@]4(C)[C@H]3CC[C@@]21C. The van der Waals surface area contributed by atoms with E-state index in [0.717, 1.165) is 25.7 Å². The lowest BCUT2D eigenvalue weighted by Crippen LogP contribution is -2.60. The van der Waals surface area contributed by atoms with Crippen LogP contribution in [0.4, 0.5) is 0 Å². The van der Waals surface area contributed by atoms with Crippen LogP contribution in [0.1, 0.15) is 79.6 Å². The molecule has 0 saturated heterocycles. The van der Waals surface area contributed by atoms with Crippen molar-refractivity contribution in [3.05, 3.63) is 0 Å². The number of aliphatic hydroxyl groups is 2. The molecule has 0 aliphatic heterocycles. The largest absolute Gasteiger partial charge is 0.390 e. The molecular formula is C26H44O5. The van der Waals surface area contributed by atoms with Gasteiger partial charge in [-0.25, -0.2) is 0 Å². The number of carbonyl (C=O) groups excluding carboxylic acids is 1. The van der Waals surface area contributed by atoms with Gasteiger partial charge in [-0.1, -0.05) is 13.8 Å². The van der Waals surface area contributed by atoms with E-state index in [1.165, 1.54) is 0 Å². The Labute approximate surface area is 188 Å². The first-order chi connectivity index (χ1) is 14.6. The molecule has 4 aliphatic carbocycles. The molecule has 0 amide bonds. The molecule has 178 valence electrons. The average Bonchev–Trinajstić information content (AvgIpc) is 3.07. The highest BCUT2D eigenvalue weighted by atomic mass is 16.5. The van der Waals surface area contributed by atoms with Gasteiger partial charge in [0.25, 0.3) is 0 Å². The number of ether oxygens (including phenoxy) is 2. The molecular weight excluding hydrogens is 392 g/mol. The molecule has 10 atom stereocenters. The third-order valence-electron chi connectivity index (χ3n) is 10.3. The van der Waals surface area contributed by atoms with Gasteiger partial charge in [-0.2, -0.15) is 0 Å². The molecule has 0 bridgehead atoms. The van der Waals surface area contributed by atoms with Crippen molar-refractivity contribution in [3.63, 3.8) is 0 Å². The molecule has 0 unspecified atom stereocenters. The van der Waals surface area contributed by atoms with Gasteiger partial charge in [0.2, 0.25) is 0 Å². The molecule has 4 fully saturated rings. The van der Waals surface area contributed by atoms with Crippen LogP contribution in [0.2, 0.25) is 0 Å². The van der Waals surface area contributed by atoms with E-state index in [-0.39, 0.29) is 22.3 Å². The molecule has 0 aromatic heterocycles. The van der Waals surface area contributed by atoms with Gasteiger partial charge in [0, 0.05) is 25.6 Å². The van der Waals surface area contributed by atoms with Crippen LogP contribution in [-0.2, 0) is 14.3 Å². The maximum absolute atomic E-state index is 13.3. The van der Waals surface area contributed by atoms with Gasteiger partial charge in [-0.05, 0) is 93.8 Å². The van der Waals surface area contributed by atoms with E-state index in [1.807, 2.05) is 6.92 Å². The molecule has 0 aromatic rings. The van der Waals surface area contributed by atoms with Gasteiger partial charge < -0.3 is 19.7 Å². The molecule has 4 rings (SSSR count). The number of aliphatic hydroxyl groups excluding tert-OH is 2. The summed E-state index contributed by atoms with van der Waals surface area (Å²) in [7, 11) is 0. The second-order valence-electron chi connectivity index (χ2n) is 11.7. The molecule has 0 spiro atoms. The Morgan fingerprint density at radius 3 is 2.42 bits per heavy atom. The standard InChI is InChI=1S/C26H44O5/c1-6-30-15-26(5,31-7-2)23-9-8-17-16-12-20(27)19-13-21(28)22(29)14-25(19,4)18(16)10-11-24(17,23)3/h16-19,21-23,28-29H,6-15H2,1-5H3/t16-,17-,18-,19+,21-,22+,23-,24-,25+,26-/m0/s1. The highest BCUT2D eigenvalue weighted by Crippen LogP contribution is 2.68. The maximum atomic E-state index is 13.3. The van der Waals surface area contributed by atoms with Crippen molar-refractivity contribution in [2.24, 2.45) is 40.4 Å². The smallest absolute Gasteiger partial charge is 0.136 e. The molecule has 5 heteroatoms. The maximum Gasteiger partial charge on any atom is 0.136 e. The fraction of sp³-hybridized carbons (Fsp3) is 0.962. The van der Waals surface area contributed by atoms with Crippen molar-refractivity contribution in [2.75, 3.05) is 19.8 Å². The number of ketones is 1. The zero-order valence-electron chi connectivity index (χ0n) is 20.2. The van der Waals surface area contributed by atoms with Crippen LogP contribution < -0.4 is 0 Å². The van der Waals surface area contributed by atoms with Crippen molar-refractivity contribution < 1.29 is 24.5 Å². The lowest BCUT2D eigenvalue weighted by Gasteiger charge is -2.61. The van der Waals surface area contributed by atoms with E-state index in [9.17, 15) is 15.0 Å². The molecule has 0 aromatic carbocycles. The predicted molar refractivity (Wildman–Crippen MR) is 120 cm³/mol. The van der Waals surface area contributed by atoms with Crippen LogP contribution in [0, 0.1) is 40.4 Å². The zero-order chi connectivity index (χ0) is 22.6. The van der Waals surface area contributed by atoms with Crippen LogP contribution in [0.3, 0.4) is 0 Å². The second-order valence-corrected chi connectivity index (χ2v) is 11.7. The van der Waals surface area contributed by atoms with E-state index in [4.69, 9.17) is 9.47 Å². The Balaban J connectivity index is 1.62. The molecule has 4 aliphatic rings. The lowest BCUT2D eigenvalue weighted by molar-refractivity contribution is -0.184. The van der Waals surface area contributed by atoms with E-state index in [2.05, 4.69) is 27.7 Å². The first-order valence-electron chi connectivity index (χ1n) is 12.7. The Kier molecular flexibility index (Phi) is 6.39. The fourth-order valence-corrected chi connectivity index (χ4v) is 8.95. The number of fused-ring (bicyclic) bond motifs is 5. The summed E-state index contributed by atoms with van der Waals surface area (Å²) in [5.74, 6) is 2.02. The van der Waals surface area contributed by atoms with Crippen LogP contribution in [-0.4, -0.2) is 53.6 Å². The van der Waals surface area contributed by atoms with Crippen LogP contribution in [0.5, 0.6) is 0 Å². The number of hydrogen-bond acceptors (Lipinski definition) is 5. The molecule has 5 nitrogen and oxygen atoms in total. The monoisotopic (exact) mass is 436 g/mol. The number of rotatable bonds is 6. The highest BCUT2D eigenvalue weighted by Gasteiger charge is 2.65. The van der Waals surface area contributed by atoms with E-state index < -0.39 is 12.2 Å². The zero-order valence-corrected chi connectivity index (χ0v) is 20.2. The summed E-state index contributed by atoms with van der Waals surface area (Å²) in [5.41, 5.74) is -0.331. The van der Waals surface area contributed by atoms with Crippen molar-refractivity contribution in [3.8, 4) is 0 Å². The average molecular weight is 437 g/mol. The topological polar surface area (TPSA) is 76.0 Å². The van der Waals surface area contributed by atoms with Gasteiger partial charge in [0.05, 0.1) is 24.4 Å². The summed E-state index contributed by atoms with van der Waals surface area (Å²) in [4.78, 5) is 13.3. The van der Waals surface area contributed by atoms with Gasteiger partial charge in [0.15, 0.2) is 0 Å². The van der Waals surface area contributed by atoms with Gasteiger partial charge in [0.1, 0.15) is 5.78 Å². The summed E-state index contributed by atoms with van der Waals surface area (Å²) in [6, 6.07) is 0. The summed E-state index contributed by atoms with van der Waals surface area (Å²) < 4.78 is 12.3. The minimum Gasteiger partial charge on any atom is -0.390 e. The van der Waals surface area contributed by atoms with Crippen molar-refractivity contribution >= 4 is 5.78 Å². The quantitative estimate of drug-likeness (QED) is 0.658. The first-order valence-corrected chi connectivity index (χ1v) is 12.7. The van der Waals surface area contributed by atoms with Crippen molar-refractivity contribution in [1.29, 1.82) is 0 Å². The Morgan fingerprint density at radius 1 is 1.03 bits per heavy atom. The predicted octanol–water partition coefficient (Wildman–Crippen LogP) is 3.99. The molecule has 4 saturated carbocycles. The Bertz CT molecular complexity index is 681. The first kappa shape index (κ1) is 23.7. The second kappa shape index (κ2) is 8.38. The normalized spacial score (nSPS) is 49.1. The summed E-state index contributed by atoms with van der Waals surface area (Å²) in [6.45, 7) is 13.0. The number of hydrogen-bond donors (Lipinski definition) is 2. The molecule has 31 heavy (non-hydrogen) atoms. The van der Waals surface area contributed by atoms with Gasteiger partial charge in [-0.15, -0.1) is 0 Å². The van der Waals surface area contributed by atoms with Crippen LogP contribution in [0.15, 0.2) is 0 Å². The minimum atomic E-state index is -0.756. The molecule has 0 radical (unpaired) electrons. The van der Waals surface area contributed by atoms with Crippen LogP contribution >= 0.6 is 0 Å². The van der Waals surface area contributed by atoms with Gasteiger partial charge in [-0.3, -0.25) is 4.79 Å². The Morgan fingerprint density at radius 2 is 1.74 bits per heavy atom. The van der Waals surface area contributed by atoms with Crippen molar-refractivity contribution in [2.45, 2.75) is 97.4 Å². The fourth-order valence-electron chi connectivity index (χ4n) is 8.95. The highest BCUT2D eigenvalue weighted by molar-refractivity contribution is 5.83. The van der Waals surface area contributed by atoms with Crippen LogP contribution in [0.25, 0.3) is 0 Å². The van der Waals surface area contributed by atoms with Gasteiger partial charge >= 0.3 is 0 Å². The summed E-state index contributed by atoms with van der Waals surface area (Å²) >= 11 is 0. The Hall–Kier alpha value is -0.490. The summed E-state index contributed by atoms with van der Waals surface area (Å²) in [5, 5.41) is 20.7. The third-order valence-corrected chi connectivity index (χ3v) is 10.3. The number of carbonyl (C=O) groups is 1. The number of Topliss-reactive ketones (excluding diaryl/α,β-unsaturated/α-hetero) is 1. The van der Waals surface area contributed by atoms with Crippen molar-refractivity contribution in [1.82, 2.24) is 0 Å². The minimum absolute atomic E-state index is 0.0969. The third kappa shape index (κ3) is 3.62. The van der Waals surface area contributed by atoms with E-state index in [0.29, 0.717) is 68.5 Å². The summed E-state index contributed by atoms with van der Waals surface area (Å²) in [6.07, 6.45) is 4.71. The van der Waals surface area contributed by atoms with E-state index >= 15 is 0 Å². The molecule has 0 heterocycles. The molecule has 2 N–H and O–H groups in total. The lowest BCUT2D eigenvalue weighted by atomic mass is 9.43. The van der Waals surface area contributed by atoms with E-state index in [1.54, 1.807) is 0 Å².